The van der Waals surface area contributed by atoms with Crippen LogP contribution in [0.1, 0.15) is 18.4 Å². The van der Waals surface area contributed by atoms with E-state index in [9.17, 15) is 4.79 Å². The van der Waals surface area contributed by atoms with Gasteiger partial charge in [0.25, 0.3) is 5.91 Å². The number of piperidine rings is 1. The minimum absolute atomic E-state index is 0.0671. The van der Waals surface area contributed by atoms with E-state index in [0.29, 0.717) is 5.96 Å². The Kier molecular flexibility index (Phi) is 3.44. The average Bonchev–Trinajstić information content (AvgIpc) is 2.79. The molecule has 0 radical (unpaired) electrons. The molecule has 3 rings (SSSR count). The standard InChI is InChI=1S/C15H20N4O/c1-16-14-17-13(20)15(18-14)7-9-19(10-8-15)11-12-5-3-2-4-6-12/h2-6H,7-11H2,1H3,(H2,16,17,18,20). The predicted octanol–water partition coefficient (Wildman–Crippen LogP) is 0.726. The number of rotatable bonds is 2. The number of guanidine groups is 1. The maximum absolute atomic E-state index is 12.1. The van der Waals surface area contributed by atoms with Crippen molar-refractivity contribution in [1.82, 2.24) is 15.5 Å². The zero-order valence-electron chi connectivity index (χ0n) is 11.7. The lowest BCUT2D eigenvalue weighted by Crippen LogP contribution is -2.54. The highest BCUT2D eigenvalue weighted by atomic mass is 16.2. The van der Waals surface area contributed by atoms with Gasteiger partial charge in [-0.3, -0.25) is 20.0 Å². The van der Waals surface area contributed by atoms with Gasteiger partial charge in [0.15, 0.2) is 5.96 Å². The van der Waals surface area contributed by atoms with Gasteiger partial charge in [-0.15, -0.1) is 0 Å². The number of carbonyl (C=O) groups is 1. The molecule has 2 aliphatic heterocycles. The first-order chi connectivity index (χ1) is 9.72. The molecule has 5 heteroatoms. The molecule has 0 unspecified atom stereocenters. The molecule has 0 aromatic heterocycles. The molecule has 2 N–H and O–H groups in total. The first kappa shape index (κ1) is 13.1. The number of nitrogens with zero attached hydrogens (tertiary/aromatic N) is 2. The van der Waals surface area contributed by atoms with E-state index in [4.69, 9.17) is 0 Å². The molecular weight excluding hydrogens is 252 g/mol. The smallest absolute Gasteiger partial charge is 0.252 e. The second kappa shape index (κ2) is 5.25. The van der Waals surface area contributed by atoms with Crippen LogP contribution >= 0.6 is 0 Å². The van der Waals surface area contributed by atoms with Crippen LogP contribution < -0.4 is 10.6 Å². The van der Waals surface area contributed by atoms with Crippen LogP contribution in [-0.2, 0) is 11.3 Å². The highest BCUT2D eigenvalue weighted by Gasteiger charge is 2.46. The molecule has 2 saturated heterocycles. The summed E-state index contributed by atoms with van der Waals surface area (Å²) >= 11 is 0. The fourth-order valence-electron chi connectivity index (χ4n) is 2.94. The average molecular weight is 272 g/mol. The number of nitrogens with one attached hydrogen (secondary N) is 2. The number of carbonyl (C=O) groups excluding carboxylic acids is 1. The Morgan fingerprint density at radius 1 is 1.25 bits per heavy atom. The van der Waals surface area contributed by atoms with Gasteiger partial charge in [-0.25, -0.2) is 0 Å². The summed E-state index contributed by atoms with van der Waals surface area (Å²) < 4.78 is 0. The Labute approximate surface area is 119 Å². The molecular formula is C15H20N4O. The van der Waals surface area contributed by atoms with Gasteiger partial charge in [0, 0.05) is 26.7 Å². The van der Waals surface area contributed by atoms with Crippen LogP contribution in [0.2, 0.25) is 0 Å². The van der Waals surface area contributed by atoms with Gasteiger partial charge >= 0.3 is 0 Å². The number of likely N-dealkylation sites (tertiary alicyclic amines) is 1. The number of hydrogen-bond donors (Lipinski definition) is 2. The molecule has 2 heterocycles. The lowest BCUT2D eigenvalue weighted by Gasteiger charge is -2.37. The summed E-state index contributed by atoms with van der Waals surface area (Å²) in [4.78, 5) is 18.5. The van der Waals surface area contributed by atoms with Crippen LogP contribution in [0, 0.1) is 0 Å². The van der Waals surface area contributed by atoms with Crippen LogP contribution in [0.3, 0.4) is 0 Å². The summed E-state index contributed by atoms with van der Waals surface area (Å²) in [5.41, 5.74) is 0.880. The second-order valence-electron chi connectivity index (χ2n) is 5.50. The summed E-state index contributed by atoms with van der Waals surface area (Å²) in [6.45, 7) is 2.80. The van der Waals surface area contributed by atoms with Crippen molar-refractivity contribution in [3.05, 3.63) is 35.9 Å². The molecule has 0 bridgehead atoms. The Morgan fingerprint density at radius 3 is 2.55 bits per heavy atom. The third-order valence-corrected chi connectivity index (χ3v) is 4.21. The maximum atomic E-state index is 12.1. The monoisotopic (exact) mass is 272 g/mol. The number of amides is 1. The topological polar surface area (TPSA) is 56.7 Å². The van der Waals surface area contributed by atoms with Crippen molar-refractivity contribution < 1.29 is 4.79 Å². The highest BCUT2D eigenvalue weighted by molar-refractivity contribution is 6.09. The van der Waals surface area contributed by atoms with Crippen molar-refractivity contribution in [3.8, 4) is 0 Å². The molecule has 1 spiro atoms. The summed E-state index contributed by atoms with van der Waals surface area (Å²) in [7, 11) is 1.69. The van der Waals surface area contributed by atoms with E-state index in [0.717, 1.165) is 32.5 Å². The molecule has 5 nitrogen and oxygen atoms in total. The van der Waals surface area contributed by atoms with Gasteiger partial charge in [0.1, 0.15) is 5.54 Å². The molecule has 0 atom stereocenters. The Morgan fingerprint density at radius 2 is 1.95 bits per heavy atom. The molecule has 2 aliphatic rings. The summed E-state index contributed by atoms with van der Waals surface area (Å²) in [5, 5.41) is 6.06. The van der Waals surface area contributed by atoms with Crippen molar-refractivity contribution in [3.63, 3.8) is 0 Å². The normalized spacial score (nSPS) is 23.9. The predicted molar refractivity (Wildman–Crippen MR) is 78.3 cm³/mol. The van der Waals surface area contributed by atoms with Gasteiger partial charge in [-0.05, 0) is 18.4 Å². The van der Waals surface area contributed by atoms with Gasteiger partial charge in [-0.2, -0.15) is 0 Å². The molecule has 106 valence electrons. The van der Waals surface area contributed by atoms with E-state index >= 15 is 0 Å². The number of aliphatic imine (C=N–C) groups is 1. The largest absolute Gasteiger partial charge is 0.342 e. The van der Waals surface area contributed by atoms with E-state index in [1.165, 1.54) is 5.56 Å². The molecule has 1 amide bonds. The fraction of sp³-hybridized carbons (Fsp3) is 0.467. The number of benzene rings is 1. The molecule has 1 aromatic rings. The van der Waals surface area contributed by atoms with Gasteiger partial charge in [-0.1, -0.05) is 30.3 Å². The molecule has 2 fully saturated rings. The van der Waals surface area contributed by atoms with E-state index in [1.807, 2.05) is 6.07 Å². The highest BCUT2D eigenvalue weighted by Crippen LogP contribution is 2.26. The lowest BCUT2D eigenvalue weighted by atomic mass is 9.87. The zero-order valence-corrected chi connectivity index (χ0v) is 11.7. The van der Waals surface area contributed by atoms with E-state index in [1.54, 1.807) is 7.05 Å². The molecule has 1 aromatic carbocycles. The van der Waals surface area contributed by atoms with Crippen LogP contribution in [0.5, 0.6) is 0 Å². The van der Waals surface area contributed by atoms with Crippen LogP contribution in [0.25, 0.3) is 0 Å². The minimum atomic E-state index is -0.442. The maximum Gasteiger partial charge on any atom is 0.252 e. The molecule has 0 saturated carbocycles. The zero-order chi connectivity index (χ0) is 14.0. The first-order valence-electron chi connectivity index (χ1n) is 7.04. The van der Waals surface area contributed by atoms with Crippen molar-refractivity contribution in [2.75, 3.05) is 20.1 Å². The van der Waals surface area contributed by atoms with Crippen molar-refractivity contribution >= 4 is 11.9 Å². The Hall–Kier alpha value is -1.88. The fourth-order valence-corrected chi connectivity index (χ4v) is 2.94. The third-order valence-electron chi connectivity index (χ3n) is 4.21. The molecule has 20 heavy (non-hydrogen) atoms. The lowest BCUT2D eigenvalue weighted by molar-refractivity contribution is -0.125. The second-order valence-corrected chi connectivity index (χ2v) is 5.50. The summed E-state index contributed by atoms with van der Waals surface area (Å²) in [6, 6.07) is 10.5. The Bertz CT molecular complexity index is 518. The van der Waals surface area contributed by atoms with E-state index in [-0.39, 0.29) is 5.91 Å². The minimum Gasteiger partial charge on any atom is -0.342 e. The first-order valence-corrected chi connectivity index (χ1v) is 7.04. The summed E-state index contributed by atoms with van der Waals surface area (Å²) in [5.74, 6) is 0.670. The van der Waals surface area contributed by atoms with Crippen molar-refractivity contribution in [1.29, 1.82) is 0 Å². The number of hydrogen-bond acceptors (Lipinski definition) is 3. The van der Waals surface area contributed by atoms with Crippen LogP contribution in [0.15, 0.2) is 35.3 Å². The van der Waals surface area contributed by atoms with Crippen molar-refractivity contribution in [2.24, 2.45) is 4.99 Å². The summed E-state index contributed by atoms with van der Waals surface area (Å²) in [6.07, 6.45) is 1.65. The van der Waals surface area contributed by atoms with E-state index < -0.39 is 5.54 Å². The molecule has 0 aliphatic carbocycles. The third kappa shape index (κ3) is 2.41. The van der Waals surface area contributed by atoms with Crippen molar-refractivity contribution in [2.45, 2.75) is 24.9 Å². The van der Waals surface area contributed by atoms with Gasteiger partial charge in [0.05, 0.1) is 0 Å². The SMILES string of the molecule is CN=C1NC(=O)C2(CCN(Cc3ccccc3)CC2)N1. The Balaban J connectivity index is 1.61. The van der Waals surface area contributed by atoms with E-state index in [2.05, 4.69) is 44.8 Å². The van der Waals surface area contributed by atoms with Gasteiger partial charge < -0.3 is 5.32 Å². The van der Waals surface area contributed by atoms with Crippen LogP contribution in [-0.4, -0.2) is 42.4 Å². The quantitative estimate of drug-likeness (QED) is 0.834. The van der Waals surface area contributed by atoms with Crippen LogP contribution in [0.4, 0.5) is 0 Å². The van der Waals surface area contributed by atoms with Gasteiger partial charge in [0.2, 0.25) is 0 Å².